The van der Waals surface area contributed by atoms with Gasteiger partial charge in [-0.1, -0.05) is 53.7 Å². The van der Waals surface area contributed by atoms with Crippen molar-refractivity contribution in [1.29, 1.82) is 0 Å². The lowest BCUT2D eigenvalue weighted by atomic mass is 10.1. The van der Waals surface area contributed by atoms with Crippen LogP contribution in [0.15, 0.2) is 65.2 Å². The van der Waals surface area contributed by atoms with Gasteiger partial charge in [-0.05, 0) is 24.1 Å². The molecule has 1 aliphatic heterocycles. The second-order valence-electron chi connectivity index (χ2n) is 6.54. The Kier molecular flexibility index (Phi) is 5.16. The van der Waals surface area contributed by atoms with Crippen molar-refractivity contribution in [3.05, 3.63) is 83.1 Å². The molecule has 0 spiro atoms. The average molecular weight is 393 g/mol. The zero-order valence-electron chi connectivity index (χ0n) is 15.3. The van der Waals surface area contributed by atoms with E-state index in [1.807, 2.05) is 59.5 Å². The number of anilines is 1. The van der Waals surface area contributed by atoms with Crippen LogP contribution in [0.3, 0.4) is 0 Å². The van der Waals surface area contributed by atoms with Crippen LogP contribution in [0.1, 0.15) is 32.6 Å². The molecule has 0 saturated carbocycles. The maximum absolute atomic E-state index is 12.9. The molecular formula is C21H19N3O3S. The van der Waals surface area contributed by atoms with Crippen LogP contribution in [0.25, 0.3) is 0 Å². The minimum absolute atomic E-state index is 0.00973. The van der Waals surface area contributed by atoms with E-state index in [9.17, 15) is 9.59 Å². The molecule has 0 fully saturated rings. The maximum atomic E-state index is 12.9. The zero-order valence-corrected chi connectivity index (χ0v) is 16.1. The second kappa shape index (κ2) is 7.90. The Morgan fingerprint density at radius 3 is 2.68 bits per heavy atom. The Morgan fingerprint density at radius 2 is 1.93 bits per heavy atom. The van der Waals surface area contributed by atoms with E-state index in [1.165, 1.54) is 11.8 Å². The minimum atomic E-state index is -0.214. The lowest BCUT2D eigenvalue weighted by Crippen LogP contribution is -2.27. The SMILES string of the molecule is Cc1cc(NC(=O)CSC2c3ccccc3C(=O)N2Cc2ccccc2)no1. The van der Waals surface area contributed by atoms with Gasteiger partial charge in [-0.15, -0.1) is 11.8 Å². The van der Waals surface area contributed by atoms with Gasteiger partial charge in [0.2, 0.25) is 5.91 Å². The van der Waals surface area contributed by atoms with Crippen molar-refractivity contribution < 1.29 is 14.1 Å². The fourth-order valence-corrected chi connectivity index (χ4v) is 4.33. The molecule has 7 heteroatoms. The highest BCUT2D eigenvalue weighted by Crippen LogP contribution is 2.42. The molecule has 142 valence electrons. The largest absolute Gasteiger partial charge is 0.360 e. The highest BCUT2D eigenvalue weighted by Gasteiger charge is 2.36. The van der Waals surface area contributed by atoms with Gasteiger partial charge in [-0.25, -0.2) is 0 Å². The summed E-state index contributed by atoms with van der Waals surface area (Å²) in [4.78, 5) is 27.1. The number of carbonyl (C=O) groups excluding carboxylic acids is 2. The fraction of sp³-hybridized carbons (Fsp3) is 0.190. The van der Waals surface area contributed by atoms with Crippen LogP contribution in [0.4, 0.5) is 5.82 Å². The predicted octanol–water partition coefficient (Wildman–Crippen LogP) is 4.01. The summed E-state index contributed by atoms with van der Waals surface area (Å²) < 4.78 is 4.96. The molecule has 2 aromatic carbocycles. The summed E-state index contributed by atoms with van der Waals surface area (Å²) >= 11 is 1.43. The van der Waals surface area contributed by atoms with Crippen LogP contribution >= 0.6 is 11.8 Å². The summed E-state index contributed by atoms with van der Waals surface area (Å²) in [6, 6.07) is 19.1. The van der Waals surface area contributed by atoms with E-state index in [0.717, 1.165) is 11.1 Å². The van der Waals surface area contributed by atoms with Crippen LogP contribution in [-0.2, 0) is 11.3 Å². The Bertz CT molecular complexity index is 1000. The van der Waals surface area contributed by atoms with Crippen LogP contribution in [0, 0.1) is 6.92 Å². The number of carbonyl (C=O) groups is 2. The topological polar surface area (TPSA) is 75.4 Å². The van der Waals surface area contributed by atoms with Gasteiger partial charge in [0.05, 0.1) is 5.75 Å². The molecule has 0 radical (unpaired) electrons. The molecule has 1 unspecified atom stereocenters. The van der Waals surface area contributed by atoms with E-state index in [2.05, 4.69) is 10.5 Å². The number of hydrogen-bond acceptors (Lipinski definition) is 5. The number of aromatic nitrogens is 1. The van der Waals surface area contributed by atoms with Gasteiger partial charge in [-0.2, -0.15) is 0 Å². The van der Waals surface area contributed by atoms with Gasteiger partial charge in [0.1, 0.15) is 11.1 Å². The highest BCUT2D eigenvalue weighted by atomic mass is 32.2. The normalized spacial score (nSPS) is 15.5. The third-order valence-corrected chi connectivity index (χ3v) is 5.72. The van der Waals surface area contributed by atoms with Gasteiger partial charge >= 0.3 is 0 Å². The van der Waals surface area contributed by atoms with Crippen LogP contribution < -0.4 is 5.32 Å². The first-order chi connectivity index (χ1) is 13.6. The fourth-order valence-electron chi connectivity index (χ4n) is 3.21. The predicted molar refractivity (Wildman–Crippen MR) is 108 cm³/mol. The average Bonchev–Trinajstić information content (AvgIpc) is 3.23. The number of fused-ring (bicyclic) bond motifs is 1. The van der Waals surface area contributed by atoms with Crippen LogP contribution in [0.2, 0.25) is 0 Å². The van der Waals surface area contributed by atoms with Crippen molar-refractivity contribution in [3.63, 3.8) is 0 Å². The summed E-state index contributed by atoms with van der Waals surface area (Å²) in [5, 5.41) is 6.28. The standard InChI is InChI=1S/C21H19N3O3S/c1-14-11-18(23-27-14)22-19(25)13-28-21-17-10-6-5-9-16(17)20(26)24(21)12-15-7-3-2-4-8-15/h2-11,21H,12-13H2,1H3,(H,22,23,25). The van der Waals surface area contributed by atoms with Crippen molar-refractivity contribution in [1.82, 2.24) is 10.1 Å². The van der Waals surface area contributed by atoms with E-state index >= 15 is 0 Å². The van der Waals surface area contributed by atoms with Crippen LogP contribution in [0.5, 0.6) is 0 Å². The summed E-state index contributed by atoms with van der Waals surface area (Å²) in [5.41, 5.74) is 2.69. The molecule has 2 heterocycles. The van der Waals surface area contributed by atoms with Gasteiger partial charge < -0.3 is 14.7 Å². The quantitative estimate of drug-likeness (QED) is 0.685. The number of hydrogen-bond donors (Lipinski definition) is 1. The van der Waals surface area contributed by atoms with Crippen molar-refractivity contribution >= 4 is 29.4 Å². The van der Waals surface area contributed by atoms with Gasteiger partial charge in [0.25, 0.3) is 5.91 Å². The Hall–Kier alpha value is -3.06. The molecule has 0 aliphatic carbocycles. The molecule has 28 heavy (non-hydrogen) atoms. The van der Waals surface area contributed by atoms with Crippen molar-refractivity contribution in [3.8, 4) is 0 Å². The molecule has 1 aromatic heterocycles. The van der Waals surface area contributed by atoms with E-state index in [0.29, 0.717) is 23.7 Å². The molecule has 1 N–H and O–H groups in total. The molecule has 2 amide bonds. The van der Waals surface area contributed by atoms with Crippen molar-refractivity contribution in [2.24, 2.45) is 0 Å². The first-order valence-electron chi connectivity index (χ1n) is 8.90. The first kappa shape index (κ1) is 18.3. The summed E-state index contributed by atoms with van der Waals surface area (Å²) in [6.45, 7) is 2.26. The number of aryl methyl sites for hydroxylation is 1. The molecule has 6 nitrogen and oxygen atoms in total. The third-order valence-electron chi connectivity index (χ3n) is 4.46. The lowest BCUT2D eigenvalue weighted by Gasteiger charge is -2.25. The number of nitrogens with zero attached hydrogens (tertiary/aromatic N) is 2. The number of benzene rings is 2. The molecule has 4 rings (SSSR count). The van der Waals surface area contributed by atoms with Crippen molar-refractivity contribution in [2.75, 3.05) is 11.1 Å². The molecule has 3 aromatic rings. The summed E-state index contributed by atoms with van der Waals surface area (Å²) in [5.74, 6) is 1.03. The molecular weight excluding hydrogens is 374 g/mol. The van der Waals surface area contributed by atoms with Gasteiger partial charge in [-0.3, -0.25) is 9.59 Å². The Balaban J connectivity index is 1.50. The number of thioether (sulfide) groups is 1. The maximum Gasteiger partial charge on any atom is 0.255 e. The van der Waals surface area contributed by atoms with E-state index in [4.69, 9.17) is 4.52 Å². The van der Waals surface area contributed by atoms with Crippen molar-refractivity contribution in [2.45, 2.75) is 18.8 Å². The molecule has 0 saturated heterocycles. The lowest BCUT2D eigenvalue weighted by molar-refractivity contribution is -0.113. The molecule has 1 atom stereocenters. The second-order valence-corrected chi connectivity index (χ2v) is 7.61. The Labute approximate surface area is 166 Å². The summed E-state index contributed by atoms with van der Waals surface area (Å²) in [6.07, 6.45) is 0. The molecule has 0 bridgehead atoms. The number of amides is 2. The van der Waals surface area contributed by atoms with E-state index in [1.54, 1.807) is 13.0 Å². The number of rotatable bonds is 6. The van der Waals surface area contributed by atoms with Gasteiger partial charge in [0.15, 0.2) is 5.82 Å². The molecule has 1 aliphatic rings. The first-order valence-corrected chi connectivity index (χ1v) is 9.95. The Morgan fingerprint density at radius 1 is 1.18 bits per heavy atom. The monoisotopic (exact) mass is 393 g/mol. The minimum Gasteiger partial charge on any atom is -0.360 e. The zero-order chi connectivity index (χ0) is 19.5. The highest BCUT2D eigenvalue weighted by molar-refractivity contribution is 8.00. The van der Waals surface area contributed by atoms with Crippen LogP contribution in [-0.4, -0.2) is 27.6 Å². The smallest absolute Gasteiger partial charge is 0.255 e. The van der Waals surface area contributed by atoms with E-state index in [-0.39, 0.29) is 22.9 Å². The number of nitrogens with one attached hydrogen (secondary N) is 1. The van der Waals surface area contributed by atoms with E-state index < -0.39 is 0 Å². The van der Waals surface area contributed by atoms with Gasteiger partial charge in [0, 0.05) is 18.2 Å². The summed E-state index contributed by atoms with van der Waals surface area (Å²) in [7, 11) is 0. The third kappa shape index (κ3) is 3.80.